The molecule has 1 aromatic rings. The lowest BCUT2D eigenvalue weighted by Gasteiger charge is -2.45. The molecule has 2 rings (SSSR count). The quantitative estimate of drug-likeness (QED) is 0.906. The van der Waals surface area contributed by atoms with Gasteiger partial charge in [0.25, 0.3) is 0 Å². The van der Waals surface area contributed by atoms with Gasteiger partial charge in [0, 0.05) is 29.1 Å². The van der Waals surface area contributed by atoms with Crippen LogP contribution in [0, 0.1) is 0 Å². The van der Waals surface area contributed by atoms with Gasteiger partial charge in [-0.25, -0.2) is 0 Å². The molecule has 0 aromatic heterocycles. The Kier molecular flexibility index (Phi) is 5.25. The minimum absolute atomic E-state index is 0.0587. The molecule has 0 radical (unpaired) electrons. The first-order chi connectivity index (χ1) is 9.90. The Morgan fingerprint density at radius 1 is 1.48 bits per heavy atom. The number of carbonyl (C=O) groups is 1. The van der Waals surface area contributed by atoms with Crippen molar-refractivity contribution < 1.29 is 14.6 Å². The molecule has 0 saturated carbocycles. The number of halogens is 1. The summed E-state index contributed by atoms with van der Waals surface area (Å²) < 4.78 is 5.98. The lowest BCUT2D eigenvalue weighted by molar-refractivity contribution is -0.137. The Hall–Kier alpha value is -1.10. The Morgan fingerprint density at radius 3 is 2.86 bits per heavy atom. The van der Waals surface area contributed by atoms with Crippen LogP contribution in [-0.4, -0.2) is 41.2 Å². The van der Waals surface area contributed by atoms with Crippen LogP contribution in [0.1, 0.15) is 38.4 Å². The summed E-state index contributed by atoms with van der Waals surface area (Å²) in [5.74, 6) is -0.747. The maximum Gasteiger partial charge on any atom is 0.303 e. The second-order valence-electron chi connectivity index (χ2n) is 6.08. The van der Waals surface area contributed by atoms with Gasteiger partial charge < -0.3 is 9.84 Å². The second kappa shape index (κ2) is 6.77. The van der Waals surface area contributed by atoms with Crippen molar-refractivity contribution in [3.63, 3.8) is 0 Å². The van der Waals surface area contributed by atoms with Crippen LogP contribution in [0.15, 0.2) is 24.3 Å². The fourth-order valence-corrected chi connectivity index (χ4v) is 2.89. The molecular weight excluding hydrogens is 290 g/mol. The molecule has 0 spiro atoms. The van der Waals surface area contributed by atoms with Gasteiger partial charge in [-0.1, -0.05) is 29.8 Å². The van der Waals surface area contributed by atoms with Crippen LogP contribution < -0.4 is 0 Å². The van der Waals surface area contributed by atoms with Crippen molar-refractivity contribution in [3.05, 3.63) is 34.9 Å². The van der Waals surface area contributed by atoms with Crippen LogP contribution in [0.5, 0.6) is 0 Å². The molecule has 1 aliphatic heterocycles. The third-order valence-electron chi connectivity index (χ3n) is 3.95. The van der Waals surface area contributed by atoms with Gasteiger partial charge in [-0.15, -0.1) is 0 Å². The molecule has 21 heavy (non-hydrogen) atoms. The van der Waals surface area contributed by atoms with E-state index in [2.05, 4.69) is 18.7 Å². The third kappa shape index (κ3) is 4.19. The number of hydrogen-bond donors (Lipinski definition) is 1. The Balaban J connectivity index is 2.05. The molecule has 1 heterocycles. The molecule has 4 nitrogen and oxygen atoms in total. The summed E-state index contributed by atoms with van der Waals surface area (Å²) >= 11 is 6.25. The lowest BCUT2D eigenvalue weighted by atomic mass is 9.97. The van der Waals surface area contributed by atoms with E-state index >= 15 is 0 Å². The minimum atomic E-state index is -0.747. The summed E-state index contributed by atoms with van der Waals surface area (Å²) in [6.45, 7) is 6.34. The van der Waals surface area contributed by atoms with Crippen LogP contribution >= 0.6 is 11.6 Å². The third-order valence-corrected chi connectivity index (χ3v) is 4.29. The van der Waals surface area contributed by atoms with Gasteiger partial charge in [-0.2, -0.15) is 0 Å². The maximum atomic E-state index is 10.7. The lowest BCUT2D eigenvalue weighted by Crippen LogP contribution is -2.54. The Morgan fingerprint density at radius 2 is 2.19 bits per heavy atom. The number of hydrogen-bond acceptors (Lipinski definition) is 3. The van der Waals surface area contributed by atoms with Crippen molar-refractivity contribution in [1.82, 2.24) is 4.90 Å². The fourth-order valence-electron chi connectivity index (χ4n) is 2.64. The largest absolute Gasteiger partial charge is 0.481 e. The highest BCUT2D eigenvalue weighted by Gasteiger charge is 2.35. The molecular formula is C16H22ClNO3. The van der Waals surface area contributed by atoms with Crippen LogP contribution in [-0.2, 0) is 9.53 Å². The van der Waals surface area contributed by atoms with Gasteiger partial charge in [0.15, 0.2) is 0 Å². The first kappa shape index (κ1) is 16.3. The molecule has 1 fully saturated rings. The molecule has 0 aliphatic carbocycles. The summed E-state index contributed by atoms with van der Waals surface area (Å²) in [5, 5.41) is 9.49. The van der Waals surface area contributed by atoms with Crippen molar-refractivity contribution >= 4 is 17.6 Å². The zero-order valence-electron chi connectivity index (χ0n) is 12.5. The van der Waals surface area contributed by atoms with E-state index in [0.29, 0.717) is 18.1 Å². The summed E-state index contributed by atoms with van der Waals surface area (Å²) in [5.41, 5.74) is 0.911. The summed E-state index contributed by atoms with van der Waals surface area (Å²) in [7, 11) is 0. The van der Waals surface area contributed by atoms with Crippen molar-refractivity contribution in [2.75, 3.05) is 19.7 Å². The van der Waals surface area contributed by atoms with Crippen LogP contribution in [0.25, 0.3) is 0 Å². The molecule has 1 saturated heterocycles. The first-order valence-electron chi connectivity index (χ1n) is 7.23. The van der Waals surface area contributed by atoms with Crippen LogP contribution in [0.2, 0.25) is 5.02 Å². The molecule has 0 bridgehead atoms. The standard InChI is InChI=1S/C16H22ClNO3/c1-16(2)11-21-14(12-6-3-4-7-13(12)17)10-18(16)9-5-8-15(19)20/h3-4,6-7,14H,5,8-11H2,1-2H3,(H,19,20). The van der Waals surface area contributed by atoms with Crippen molar-refractivity contribution in [2.24, 2.45) is 0 Å². The Bertz CT molecular complexity index is 504. The van der Waals surface area contributed by atoms with Gasteiger partial charge >= 0.3 is 5.97 Å². The molecule has 1 aliphatic rings. The molecule has 116 valence electrons. The van der Waals surface area contributed by atoms with Crippen molar-refractivity contribution in [2.45, 2.75) is 38.3 Å². The average molecular weight is 312 g/mol. The van der Waals surface area contributed by atoms with E-state index in [9.17, 15) is 4.79 Å². The average Bonchev–Trinajstić information content (AvgIpc) is 2.41. The Labute approximate surface area is 130 Å². The van der Waals surface area contributed by atoms with Gasteiger partial charge in [0.2, 0.25) is 0 Å². The number of carboxylic acids is 1. The normalized spacial score (nSPS) is 22.1. The van der Waals surface area contributed by atoms with E-state index in [-0.39, 0.29) is 18.1 Å². The zero-order chi connectivity index (χ0) is 15.5. The molecule has 5 heteroatoms. The van der Waals surface area contributed by atoms with E-state index in [1.165, 1.54) is 0 Å². The van der Waals surface area contributed by atoms with Crippen LogP contribution in [0.4, 0.5) is 0 Å². The second-order valence-corrected chi connectivity index (χ2v) is 6.48. The smallest absolute Gasteiger partial charge is 0.303 e. The fraction of sp³-hybridized carbons (Fsp3) is 0.562. The minimum Gasteiger partial charge on any atom is -0.481 e. The predicted octanol–water partition coefficient (Wildman–Crippen LogP) is 3.36. The summed E-state index contributed by atoms with van der Waals surface area (Å²) in [6.07, 6.45) is 0.787. The van der Waals surface area contributed by atoms with E-state index in [0.717, 1.165) is 18.7 Å². The number of ether oxygens (including phenoxy) is 1. The van der Waals surface area contributed by atoms with Gasteiger partial charge in [-0.3, -0.25) is 9.69 Å². The van der Waals surface area contributed by atoms with Crippen molar-refractivity contribution in [3.8, 4) is 0 Å². The first-order valence-corrected chi connectivity index (χ1v) is 7.61. The highest BCUT2D eigenvalue weighted by molar-refractivity contribution is 6.31. The molecule has 1 N–H and O–H groups in total. The van der Waals surface area contributed by atoms with E-state index < -0.39 is 5.97 Å². The number of rotatable bonds is 5. The topological polar surface area (TPSA) is 49.8 Å². The highest BCUT2D eigenvalue weighted by atomic mass is 35.5. The predicted molar refractivity (Wildman–Crippen MR) is 82.7 cm³/mol. The number of carboxylic acid groups (broad SMARTS) is 1. The molecule has 0 amide bonds. The molecule has 1 unspecified atom stereocenters. The van der Waals surface area contributed by atoms with Gasteiger partial charge in [0.1, 0.15) is 0 Å². The number of morpholine rings is 1. The van der Waals surface area contributed by atoms with E-state index in [4.69, 9.17) is 21.4 Å². The highest BCUT2D eigenvalue weighted by Crippen LogP contribution is 2.33. The number of nitrogens with zero attached hydrogens (tertiary/aromatic N) is 1. The van der Waals surface area contributed by atoms with Crippen molar-refractivity contribution in [1.29, 1.82) is 0 Å². The maximum absolute atomic E-state index is 10.7. The summed E-state index contributed by atoms with van der Waals surface area (Å²) in [6, 6.07) is 7.72. The number of benzene rings is 1. The summed E-state index contributed by atoms with van der Waals surface area (Å²) in [4.78, 5) is 13.0. The monoisotopic (exact) mass is 311 g/mol. The SMILES string of the molecule is CC1(C)COC(c2ccccc2Cl)CN1CCCC(=O)O. The van der Waals surface area contributed by atoms with Crippen LogP contribution in [0.3, 0.4) is 0 Å². The zero-order valence-corrected chi connectivity index (χ0v) is 13.3. The van der Waals surface area contributed by atoms with Gasteiger partial charge in [0.05, 0.1) is 12.7 Å². The van der Waals surface area contributed by atoms with Gasteiger partial charge in [-0.05, 0) is 32.9 Å². The van der Waals surface area contributed by atoms with E-state index in [1.807, 2.05) is 24.3 Å². The molecule has 1 atom stereocenters. The van der Waals surface area contributed by atoms with E-state index in [1.54, 1.807) is 0 Å². The number of aliphatic carboxylic acids is 1. The molecule has 1 aromatic carbocycles.